The second-order valence-electron chi connectivity index (χ2n) is 5.83. The summed E-state index contributed by atoms with van der Waals surface area (Å²) in [6, 6.07) is 6.41. The quantitative estimate of drug-likeness (QED) is 0.651. The van der Waals surface area contributed by atoms with E-state index in [-0.39, 0.29) is 5.69 Å². The number of benzene rings is 1. The summed E-state index contributed by atoms with van der Waals surface area (Å²) in [4.78, 5) is 14.8. The van der Waals surface area contributed by atoms with E-state index in [1.54, 1.807) is 12.1 Å². The molecule has 0 amide bonds. The standard InChI is InChI=1S/C16H18N4O2S/c1-11-3-2-4-13(9-11)18-19-16-17-15(10-23-16)12-5-7-14(8-6-12)20(21)22/h5-8,10-11H,2-4,9H2,1H3,(H,17,19)/b18-13+. The Morgan fingerprint density at radius 1 is 1.39 bits per heavy atom. The van der Waals surface area contributed by atoms with Crippen molar-refractivity contribution in [3.63, 3.8) is 0 Å². The van der Waals surface area contributed by atoms with Crippen molar-refractivity contribution >= 4 is 27.9 Å². The van der Waals surface area contributed by atoms with Crippen LogP contribution < -0.4 is 5.43 Å². The highest BCUT2D eigenvalue weighted by Gasteiger charge is 2.14. The maximum absolute atomic E-state index is 10.7. The monoisotopic (exact) mass is 330 g/mol. The third-order valence-corrected chi connectivity index (χ3v) is 4.68. The molecule has 2 aromatic rings. The Hall–Kier alpha value is -2.28. The number of hydrogen-bond acceptors (Lipinski definition) is 6. The summed E-state index contributed by atoms with van der Waals surface area (Å²) in [6.07, 6.45) is 4.58. The van der Waals surface area contributed by atoms with Gasteiger partial charge in [-0.2, -0.15) is 5.10 Å². The van der Waals surface area contributed by atoms with Gasteiger partial charge in [0, 0.05) is 28.8 Å². The van der Waals surface area contributed by atoms with Crippen molar-refractivity contribution in [2.45, 2.75) is 32.6 Å². The first-order valence-electron chi connectivity index (χ1n) is 7.63. The minimum Gasteiger partial charge on any atom is -0.258 e. The van der Waals surface area contributed by atoms with Gasteiger partial charge in [-0.3, -0.25) is 15.5 Å². The molecule has 0 spiro atoms. The van der Waals surface area contributed by atoms with Gasteiger partial charge >= 0.3 is 0 Å². The second-order valence-corrected chi connectivity index (χ2v) is 6.69. The molecule has 1 atom stereocenters. The van der Waals surface area contributed by atoms with Crippen LogP contribution >= 0.6 is 11.3 Å². The third-order valence-electron chi connectivity index (χ3n) is 3.93. The van der Waals surface area contributed by atoms with Gasteiger partial charge in [0.05, 0.1) is 10.6 Å². The Morgan fingerprint density at radius 2 is 2.17 bits per heavy atom. The van der Waals surface area contributed by atoms with Gasteiger partial charge in [-0.15, -0.1) is 11.3 Å². The van der Waals surface area contributed by atoms with Crippen molar-refractivity contribution in [2.24, 2.45) is 11.0 Å². The number of anilines is 1. The van der Waals surface area contributed by atoms with E-state index in [2.05, 4.69) is 22.4 Å². The number of nitrogens with zero attached hydrogens (tertiary/aromatic N) is 3. The summed E-state index contributed by atoms with van der Waals surface area (Å²) in [5.41, 5.74) is 5.99. The summed E-state index contributed by atoms with van der Waals surface area (Å²) in [6.45, 7) is 2.25. The number of aromatic nitrogens is 1. The minimum absolute atomic E-state index is 0.0835. The van der Waals surface area contributed by atoms with Crippen molar-refractivity contribution in [1.82, 2.24) is 4.98 Å². The van der Waals surface area contributed by atoms with E-state index in [9.17, 15) is 10.1 Å². The Kier molecular flexibility index (Phi) is 4.66. The van der Waals surface area contributed by atoms with E-state index >= 15 is 0 Å². The predicted octanol–water partition coefficient (Wildman–Crippen LogP) is 4.70. The predicted molar refractivity (Wildman–Crippen MR) is 92.9 cm³/mol. The largest absolute Gasteiger partial charge is 0.269 e. The SMILES string of the molecule is CC1CCC/C(=N\Nc2nc(-c3ccc([N+](=O)[O-])cc3)cs2)C1. The Balaban J connectivity index is 1.68. The molecule has 1 aliphatic rings. The van der Waals surface area contributed by atoms with Gasteiger partial charge < -0.3 is 0 Å². The molecule has 0 radical (unpaired) electrons. The first-order valence-corrected chi connectivity index (χ1v) is 8.51. The Bertz CT molecular complexity index is 724. The zero-order valence-electron chi connectivity index (χ0n) is 12.9. The highest BCUT2D eigenvalue weighted by atomic mass is 32.1. The lowest BCUT2D eigenvalue weighted by Crippen LogP contribution is -2.13. The van der Waals surface area contributed by atoms with E-state index < -0.39 is 4.92 Å². The second kappa shape index (κ2) is 6.87. The number of rotatable bonds is 4. The van der Waals surface area contributed by atoms with Gasteiger partial charge in [-0.05, 0) is 43.7 Å². The van der Waals surface area contributed by atoms with Crippen molar-refractivity contribution in [3.05, 3.63) is 39.8 Å². The third kappa shape index (κ3) is 3.92. The molecular weight excluding hydrogens is 312 g/mol. The number of nitrogens with one attached hydrogen (secondary N) is 1. The first-order chi connectivity index (χ1) is 11.1. The number of nitro groups is 1. The van der Waals surface area contributed by atoms with Crippen LogP contribution in [0.15, 0.2) is 34.7 Å². The van der Waals surface area contributed by atoms with Gasteiger partial charge in [0.25, 0.3) is 5.69 Å². The summed E-state index contributed by atoms with van der Waals surface area (Å²) in [5, 5.41) is 17.8. The van der Waals surface area contributed by atoms with Crippen molar-refractivity contribution < 1.29 is 4.92 Å². The molecule has 1 aliphatic carbocycles. The lowest BCUT2D eigenvalue weighted by molar-refractivity contribution is -0.384. The fourth-order valence-electron chi connectivity index (χ4n) is 2.70. The molecule has 1 unspecified atom stereocenters. The molecule has 120 valence electrons. The molecule has 7 heteroatoms. The molecule has 0 saturated heterocycles. The van der Waals surface area contributed by atoms with Crippen LogP contribution in [0.25, 0.3) is 11.3 Å². The fourth-order valence-corrected chi connectivity index (χ4v) is 3.36. The lowest BCUT2D eigenvalue weighted by atomic mass is 9.89. The molecular formula is C16H18N4O2S. The smallest absolute Gasteiger partial charge is 0.258 e. The van der Waals surface area contributed by atoms with Crippen LogP contribution in [-0.4, -0.2) is 15.6 Å². The summed E-state index contributed by atoms with van der Waals surface area (Å²) >= 11 is 1.48. The van der Waals surface area contributed by atoms with E-state index in [4.69, 9.17) is 0 Å². The van der Waals surface area contributed by atoms with Gasteiger partial charge in [-0.25, -0.2) is 4.98 Å². The van der Waals surface area contributed by atoms with E-state index in [0.717, 1.165) is 29.2 Å². The average Bonchev–Trinajstić information content (AvgIpc) is 3.02. The van der Waals surface area contributed by atoms with Crippen LogP contribution in [0, 0.1) is 16.0 Å². The number of nitro benzene ring substituents is 1. The topological polar surface area (TPSA) is 80.4 Å². The molecule has 23 heavy (non-hydrogen) atoms. The summed E-state index contributed by atoms with van der Waals surface area (Å²) in [5.74, 6) is 0.705. The van der Waals surface area contributed by atoms with E-state index in [1.807, 2.05) is 5.38 Å². The zero-order valence-corrected chi connectivity index (χ0v) is 13.7. The highest BCUT2D eigenvalue weighted by Crippen LogP contribution is 2.27. The summed E-state index contributed by atoms with van der Waals surface area (Å²) in [7, 11) is 0. The summed E-state index contributed by atoms with van der Waals surface area (Å²) < 4.78 is 0. The molecule has 1 saturated carbocycles. The maximum Gasteiger partial charge on any atom is 0.269 e. The van der Waals surface area contributed by atoms with Crippen LogP contribution in [-0.2, 0) is 0 Å². The first kappa shape index (κ1) is 15.6. The van der Waals surface area contributed by atoms with E-state index in [1.165, 1.54) is 42.0 Å². The molecule has 6 nitrogen and oxygen atoms in total. The van der Waals surface area contributed by atoms with Crippen LogP contribution in [0.5, 0.6) is 0 Å². The molecule has 1 aromatic carbocycles. The minimum atomic E-state index is -0.404. The van der Waals surface area contributed by atoms with Gasteiger partial charge in [0.15, 0.2) is 0 Å². The number of hydrogen-bond donors (Lipinski definition) is 1. The molecule has 3 rings (SSSR count). The molecule has 0 aliphatic heterocycles. The maximum atomic E-state index is 10.7. The lowest BCUT2D eigenvalue weighted by Gasteiger charge is -2.18. The van der Waals surface area contributed by atoms with Gasteiger partial charge in [0.1, 0.15) is 0 Å². The number of non-ortho nitro benzene ring substituents is 1. The number of thiazole rings is 1. The van der Waals surface area contributed by atoms with Crippen molar-refractivity contribution in [3.8, 4) is 11.3 Å². The van der Waals surface area contributed by atoms with Crippen LogP contribution in [0.3, 0.4) is 0 Å². The Labute approximate surface area is 138 Å². The van der Waals surface area contributed by atoms with Crippen LogP contribution in [0.4, 0.5) is 10.8 Å². The molecule has 0 bridgehead atoms. The van der Waals surface area contributed by atoms with Crippen molar-refractivity contribution in [2.75, 3.05) is 5.43 Å². The van der Waals surface area contributed by atoms with Crippen molar-refractivity contribution in [1.29, 1.82) is 0 Å². The zero-order chi connectivity index (χ0) is 16.2. The average molecular weight is 330 g/mol. The molecule has 1 aromatic heterocycles. The van der Waals surface area contributed by atoms with Gasteiger partial charge in [-0.1, -0.05) is 6.92 Å². The van der Waals surface area contributed by atoms with Crippen LogP contribution in [0.1, 0.15) is 32.6 Å². The fraction of sp³-hybridized carbons (Fsp3) is 0.375. The highest BCUT2D eigenvalue weighted by molar-refractivity contribution is 7.14. The Morgan fingerprint density at radius 3 is 2.87 bits per heavy atom. The molecule has 1 fully saturated rings. The number of hydrazone groups is 1. The van der Waals surface area contributed by atoms with Crippen LogP contribution in [0.2, 0.25) is 0 Å². The van der Waals surface area contributed by atoms with E-state index in [0.29, 0.717) is 5.92 Å². The van der Waals surface area contributed by atoms with Gasteiger partial charge in [0.2, 0.25) is 5.13 Å². The molecule has 1 heterocycles. The normalized spacial score (nSPS) is 19.7. The molecule has 1 N–H and O–H groups in total.